The molecule has 3 fully saturated rings. The van der Waals surface area contributed by atoms with Crippen LogP contribution in [0.5, 0.6) is 0 Å². The Bertz CT molecular complexity index is 700. The first-order valence-electron chi connectivity index (χ1n) is 13.2. The van der Waals surface area contributed by atoms with Crippen molar-refractivity contribution in [3.8, 4) is 0 Å². The molecule has 3 nitrogen and oxygen atoms in total. The zero-order chi connectivity index (χ0) is 22.4. The lowest BCUT2D eigenvalue weighted by molar-refractivity contribution is -0.162. The van der Waals surface area contributed by atoms with Crippen molar-refractivity contribution in [3.63, 3.8) is 0 Å². The lowest BCUT2D eigenvalue weighted by Gasteiger charge is -2.61. The standard InChI is InChI=1S/C28H46O3/c1-7-13-30-21-16-20(4)28(18-29)24-9-11-26(5)23(10-12-27(26,6)31-14-8-2)22(24)15-19(3)25(28)17-21/h17-24H,7-16H2,1-6H3/t19?,20?,21?,22-,23-,24+,26-,27?,28+/m0/s1. The number of ether oxygens (including phenoxy) is 2. The number of hydrogen-bond acceptors (Lipinski definition) is 3. The number of rotatable bonds is 7. The maximum atomic E-state index is 13.0. The molecule has 0 amide bonds. The van der Waals surface area contributed by atoms with Crippen LogP contribution in [0.4, 0.5) is 0 Å². The third kappa shape index (κ3) is 3.39. The first-order valence-corrected chi connectivity index (χ1v) is 13.2. The van der Waals surface area contributed by atoms with Gasteiger partial charge in [0.1, 0.15) is 6.29 Å². The van der Waals surface area contributed by atoms with Gasteiger partial charge in [0.05, 0.1) is 17.1 Å². The van der Waals surface area contributed by atoms with E-state index in [-0.39, 0.29) is 22.5 Å². The van der Waals surface area contributed by atoms with E-state index in [1.54, 1.807) is 0 Å². The summed E-state index contributed by atoms with van der Waals surface area (Å²) in [4.78, 5) is 13.0. The number of aldehydes is 1. The van der Waals surface area contributed by atoms with Crippen LogP contribution in [0, 0.1) is 40.4 Å². The van der Waals surface area contributed by atoms with Crippen LogP contribution in [0.1, 0.15) is 92.9 Å². The molecule has 0 N–H and O–H groups in total. The van der Waals surface area contributed by atoms with E-state index in [4.69, 9.17) is 9.47 Å². The van der Waals surface area contributed by atoms with Crippen molar-refractivity contribution in [2.24, 2.45) is 40.4 Å². The van der Waals surface area contributed by atoms with Gasteiger partial charge in [0.25, 0.3) is 0 Å². The molecule has 0 aliphatic heterocycles. The number of allylic oxidation sites excluding steroid dienone is 1. The smallest absolute Gasteiger partial charge is 0.130 e. The zero-order valence-electron chi connectivity index (χ0n) is 20.9. The molecule has 4 unspecified atom stereocenters. The van der Waals surface area contributed by atoms with Gasteiger partial charge in [-0.25, -0.2) is 0 Å². The Labute approximate surface area is 190 Å². The molecule has 0 aromatic heterocycles. The second kappa shape index (κ2) is 8.60. The summed E-state index contributed by atoms with van der Waals surface area (Å²) in [5.74, 6) is 2.62. The molecule has 4 rings (SSSR count). The highest BCUT2D eigenvalue weighted by Gasteiger charge is 2.66. The van der Waals surface area contributed by atoms with Gasteiger partial charge < -0.3 is 14.3 Å². The van der Waals surface area contributed by atoms with Crippen molar-refractivity contribution >= 4 is 6.29 Å². The van der Waals surface area contributed by atoms with E-state index in [9.17, 15) is 4.79 Å². The van der Waals surface area contributed by atoms with Crippen LogP contribution >= 0.6 is 0 Å². The van der Waals surface area contributed by atoms with E-state index in [2.05, 4.69) is 47.6 Å². The largest absolute Gasteiger partial charge is 0.375 e. The fourth-order valence-electron chi connectivity index (χ4n) is 8.60. The monoisotopic (exact) mass is 430 g/mol. The molecule has 176 valence electrons. The molecule has 4 aliphatic carbocycles. The highest BCUT2D eigenvalue weighted by Crippen LogP contribution is 2.69. The molecule has 3 heteroatoms. The second-order valence-corrected chi connectivity index (χ2v) is 11.8. The van der Waals surface area contributed by atoms with Gasteiger partial charge >= 0.3 is 0 Å². The first kappa shape index (κ1) is 23.5. The Balaban J connectivity index is 1.67. The zero-order valence-corrected chi connectivity index (χ0v) is 20.9. The van der Waals surface area contributed by atoms with Crippen molar-refractivity contribution in [3.05, 3.63) is 11.6 Å². The number of carbonyl (C=O) groups excluding carboxylic acids is 1. The molecular formula is C28H46O3. The predicted molar refractivity (Wildman–Crippen MR) is 126 cm³/mol. The molecule has 9 atom stereocenters. The lowest BCUT2D eigenvalue weighted by atomic mass is 9.43. The third-order valence-corrected chi connectivity index (χ3v) is 10.4. The lowest BCUT2D eigenvalue weighted by Crippen LogP contribution is -2.59. The van der Waals surface area contributed by atoms with Crippen LogP contribution in [0.2, 0.25) is 0 Å². The van der Waals surface area contributed by atoms with Crippen molar-refractivity contribution in [1.29, 1.82) is 0 Å². The van der Waals surface area contributed by atoms with Gasteiger partial charge in [0.15, 0.2) is 0 Å². The average molecular weight is 431 g/mol. The Morgan fingerprint density at radius 3 is 2.42 bits per heavy atom. The fourth-order valence-corrected chi connectivity index (χ4v) is 8.60. The van der Waals surface area contributed by atoms with Gasteiger partial charge in [-0.1, -0.05) is 46.3 Å². The topological polar surface area (TPSA) is 35.5 Å². The van der Waals surface area contributed by atoms with Crippen LogP contribution in [0.3, 0.4) is 0 Å². The summed E-state index contributed by atoms with van der Waals surface area (Å²) in [5, 5.41) is 0. The number of fused-ring (bicyclic) bond motifs is 5. The van der Waals surface area contributed by atoms with Gasteiger partial charge in [-0.2, -0.15) is 0 Å². The van der Waals surface area contributed by atoms with Gasteiger partial charge in [0.2, 0.25) is 0 Å². The molecule has 0 spiro atoms. The van der Waals surface area contributed by atoms with Crippen molar-refractivity contribution < 1.29 is 14.3 Å². The Hall–Kier alpha value is -0.670. The molecule has 0 aromatic rings. The summed E-state index contributed by atoms with van der Waals surface area (Å²) in [7, 11) is 0. The maximum Gasteiger partial charge on any atom is 0.130 e. The van der Waals surface area contributed by atoms with Gasteiger partial charge in [-0.05, 0) is 93.3 Å². The molecule has 3 saturated carbocycles. The minimum Gasteiger partial charge on any atom is -0.375 e. The maximum absolute atomic E-state index is 13.0. The van der Waals surface area contributed by atoms with E-state index in [1.165, 1.54) is 37.5 Å². The highest BCUT2D eigenvalue weighted by molar-refractivity contribution is 5.68. The molecule has 0 radical (unpaired) electrons. The SMILES string of the molecule is CCCOC1C=C2C(C)C[C@@H]3[C@@H](CC[C@@]4(C)[C@H]3CCC4(C)OCCC)[C@@]2(C=O)C(C)C1. The summed E-state index contributed by atoms with van der Waals surface area (Å²) < 4.78 is 12.7. The van der Waals surface area contributed by atoms with Crippen LogP contribution in [-0.4, -0.2) is 31.2 Å². The molecule has 0 bridgehead atoms. The van der Waals surface area contributed by atoms with Gasteiger partial charge in [-0.15, -0.1) is 0 Å². The summed E-state index contributed by atoms with van der Waals surface area (Å²) in [6.07, 6.45) is 13.1. The Kier molecular flexibility index (Phi) is 6.51. The van der Waals surface area contributed by atoms with Crippen molar-refractivity contribution in [1.82, 2.24) is 0 Å². The Morgan fingerprint density at radius 1 is 1.03 bits per heavy atom. The normalized spacial score (nSPS) is 49.0. The van der Waals surface area contributed by atoms with E-state index < -0.39 is 0 Å². The number of carbonyl (C=O) groups is 1. The van der Waals surface area contributed by atoms with Crippen molar-refractivity contribution in [2.45, 2.75) is 105 Å². The average Bonchev–Trinajstić information content (AvgIpc) is 3.02. The molecule has 0 heterocycles. The van der Waals surface area contributed by atoms with E-state index in [0.29, 0.717) is 29.6 Å². The van der Waals surface area contributed by atoms with Crippen LogP contribution in [0.25, 0.3) is 0 Å². The minimum atomic E-state index is -0.279. The first-order chi connectivity index (χ1) is 14.8. The van der Waals surface area contributed by atoms with E-state index in [1.807, 2.05) is 0 Å². The van der Waals surface area contributed by atoms with E-state index >= 15 is 0 Å². The Morgan fingerprint density at radius 2 is 1.74 bits per heavy atom. The van der Waals surface area contributed by atoms with Gasteiger partial charge in [0, 0.05) is 13.2 Å². The van der Waals surface area contributed by atoms with E-state index in [0.717, 1.165) is 38.9 Å². The molecule has 0 aromatic carbocycles. The summed E-state index contributed by atoms with van der Waals surface area (Å²) >= 11 is 0. The van der Waals surface area contributed by atoms with Crippen LogP contribution in [0.15, 0.2) is 11.6 Å². The van der Waals surface area contributed by atoms with Gasteiger partial charge in [-0.3, -0.25) is 0 Å². The fraction of sp³-hybridized carbons (Fsp3) is 0.893. The van der Waals surface area contributed by atoms with Crippen LogP contribution in [-0.2, 0) is 14.3 Å². The van der Waals surface area contributed by atoms with Crippen LogP contribution < -0.4 is 0 Å². The third-order valence-electron chi connectivity index (χ3n) is 10.4. The molecule has 0 saturated heterocycles. The predicted octanol–water partition coefficient (Wildman–Crippen LogP) is 6.60. The number of hydrogen-bond donors (Lipinski definition) is 0. The quantitative estimate of drug-likeness (QED) is 0.337. The minimum absolute atomic E-state index is 0.0103. The molecule has 31 heavy (non-hydrogen) atoms. The summed E-state index contributed by atoms with van der Waals surface area (Å²) in [6.45, 7) is 15.7. The summed E-state index contributed by atoms with van der Waals surface area (Å²) in [6, 6.07) is 0. The van der Waals surface area contributed by atoms with Crippen molar-refractivity contribution in [2.75, 3.05) is 13.2 Å². The second-order valence-electron chi connectivity index (χ2n) is 11.8. The molecule has 4 aliphatic rings. The molecular weight excluding hydrogens is 384 g/mol. The summed E-state index contributed by atoms with van der Waals surface area (Å²) in [5.41, 5.74) is 1.36. The highest BCUT2D eigenvalue weighted by atomic mass is 16.5.